The number of methoxy groups -OCH3 is 2. The number of allylic oxidation sites excluding steroid dienone is 1. The molecule has 0 fully saturated rings. The minimum atomic E-state index is -1.05. The lowest BCUT2D eigenvalue weighted by atomic mass is 9.91. The zero-order valence-electron chi connectivity index (χ0n) is 12.9. The number of carbonyl (C=O) groups excluding carboxylic acids is 3. The summed E-state index contributed by atoms with van der Waals surface area (Å²) in [6, 6.07) is 8.61. The van der Waals surface area contributed by atoms with Gasteiger partial charge in [-0.3, -0.25) is 9.59 Å². The minimum absolute atomic E-state index is 0.327. The van der Waals surface area contributed by atoms with Crippen molar-refractivity contribution in [1.82, 2.24) is 0 Å². The summed E-state index contributed by atoms with van der Waals surface area (Å²) in [5.74, 6) is -3.26. The van der Waals surface area contributed by atoms with Crippen LogP contribution in [0, 0.1) is 11.8 Å². The second-order valence-corrected chi connectivity index (χ2v) is 5.12. The van der Waals surface area contributed by atoms with Gasteiger partial charge in [0, 0.05) is 5.92 Å². The van der Waals surface area contributed by atoms with Crippen molar-refractivity contribution >= 4 is 17.9 Å². The Hall–Kier alpha value is -2.63. The Balaban J connectivity index is 2.00. The Bertz CT molecular complexity index is 591. The normalized spacial score (nSPS) is 19.4. The molecule has 2 rings (SSSR count). The third-order valence-electron chi connectivity index (χ3n) is 3.68. The van der Waals surface area contributed by atoms with Crippen LogP contribution < -0.4 is 0 Å². The molecular weight excluding hydrogens is 300 g/mol. The molecule has 0 N–H and O–H groups in total. The van der Waals surface area contributed by atoms with Crippen molar-refractivity contribution in [2.24, 2.45) is 11.8 Å². The molecule has 0 saturated carbocycles. The van der Waals surface area contributed by atoms with Crippen molar-refractivity contribution < 1.29 is 28.6 Å². The molecule has 0 amide bonds. The van der Waals surface area contributed by atoms with Crippen molar-refractivity contribution in [1.29, 1.82) is 0 Å². The molecule has 23 heavy (non-hydrogen) atoms. The predicted molar refractivity (Wildman–Crippen MR) is 80.4 cm³/mol. The van der Waals surface area contributed by atoms with Gasteiger partial charge in [-0.25, -0.2) is 4.79 Å². The lowest BCUT2D eigenvalue weighted by Gasteiger charge is -2.19. The van der Waals surface area contributed by atoms with Gasteiger partial charge < -0.3 is 14.2 Å². The van der Waals surface area contributed by atoms with Gasteiger partial charge in [0.2, 0.25) is 0 Å². The Labute approximate surface area is 134 Å². The van der Waals surface area contributed by atoms with E-state index in [2.05, 4.69) is 9.47 Å². The quantitative estimate of drug-likeness (QED) is 0.356. The summed E-state index contributed by atoms with van der Waals surface area (Å²) in [6.07, 6.45) is 3.18. The first-order valence-electron chi connectivity index (χ1n) is 7.16. The topological polar surface area (TPSA) is 78.9 Å². The summed E-state index contributed by atoms with van der Waals surface area (Å²) in [6.45, 7) is 0. The van der Waals surface area contributed by atoms with E-state index < -0.39 is 35.8 Å². The van der Waals surface area contributed by atoms with Crippen LogP contribution in [-0.2, 0) is 23.8 Å². The van der Waals surface area contributed by atoms with E-state index in [0.29, 0.717) is 12.0 Å². The summed E-state index contributed by atoms with van der Waals surface area (Å²) in [5, 5.41) is 0. The van der Waals surface area contributed by atoms with Gasteiger partial charge in [0.15, 0.2) is 5.92 Å². The van der Waals surface area contributed by atoms with Crippen LogP contribution in [0.2, 0.25) is 0 Å². The molecule has 0 bridgehead atoms. The second-order valence-electron chi connectivity index (χ2n) is 5.12. The van der Waals surface area contributed by atoms with E-state index in [1.165, 1.54) is 14.2 Å². The highest BCUT2D eigenvalue weighted by Gasteiger charge is 2.39. The molecule has 1 aliphatic carbocycles. The molecular formula is C17H18O6. The number of hydrogen-bond donors (Lipinski definition) is 0. The van der Waals surface area contributed by atoms with E-state index in [0.717, 1.165) is 0 Å². The van der Waals surface area contributed by atoms with Gasteiger partial charge in [-0.2, -0.15) is 0 Å². The first-order valence-corrected chi connectivity index (χ1v) is 7.16. The van der Waals surface area contributed by atoms with E-state index in [1.807, 2.05) is 0 Å². The SMILES string of the molecule is COC(=O)C(C(=O)OC)[C@@H]1C=C[C@H](OC(=O)c2ccccc2)C1. The largest absolute Gasteiger partial charge is 0.468 e. The van der Waals surface area contributed by atoms with Crippen LogP contribution in [0.1, 0.15) is 16.8 Å². The van der Waals surface area contributed by atoms with Crippen LogP contribution in [0.15, 0.2) is 42.5 Å². The molecule has 1 aliphatic rings. The van der Waals surface area contributed by atoms with Gasteiger partial charge >= 0.3 is 17.9 Å². The summed E-state index contributed by atoms with van der Waals surface area (Å²) in [7, 11) is 2.42. The van der Waals surface area contributed by atoms with Crippen molar-refractivity contribution in [2.75, 3.05) is 14.2 Å². The van der Waals surface area contributed by atoms with Crippen LogP contribution in [0.5, 0.6) is 0 Å². The second kappa shape index (κ2) is 7.58. The van der Waals surface area contributed by atoms with Gasteiger partial charge in [-0.05, 0) is 24.6 Å². The molecule has 0 heterocycles. The third-order valence-corrected chi connectivity index (χ3v) is 3.68. The maximum absolute atomic E-state index is 12.0. The highest BCUT2D eigenvalue weighted by molar-refractivity contribution is 5.95. The fraction of sp³-hybridized carbons (Fsp3) is 0.353. The maximum atomic E-state index is 12.0. The predicted octanol–water partition coefficient (Wildman–Crippen LogP) is 1.75. The first-order chi connectivity index (χ1) is 11.1. The maximum Gasteiger partial charge on any atom is 0.338 e. The van der Waals surface area contributed by atoms with Crippen LogP contribution in [-0.4, -0.2) is 38.2 Å². The first kappa shape index (κ1) is 16.7. The zero-order chi connectivity index (χ0) is 16.8. The van der Waals surface area contributed by atoms with Gasteiger partial charge in [0.05, 0.1) is 19.8 Å². The van der Waals surface area contributed by atoms with Gasteiger partial charge in [0.25, 0.3) is 0 Å². The molecule has 0 unspecified atom stereocenters. The average Bonchev–Trinajstić information content (AvgIpc) is 3.03. The Morgan fingerprint density at radius 1 is 1.00 bits per heavy atom. The zero-order valence-corrected chi connectivity index (χ0v) is 12.9. The lowest BCUT2D eigenvalue weighted by Crippen LogP contribution is -2.33. The molecule has 0 aliphatic heterocycles. The molecule has 6 nitrogen and oxygen atoms in total. The lowest BCUT2D eigenvalue weighted by molar-refractivity contribution is -0.160. The van der Waals surface area contributed by atoms with Gasteiger partial charge in [0.1, 0.15) is 6.10 Å². The fourth-order valence-corrected chi connectivity index (χ4v) is 2.51. The molecule has 0 spiro atoms. The van der Waals surface area contributed by atoms with E-state index in [-0.39, 0.29) is 0 Å². The number of hydrogen-bond acceptors (Lipinski definition) is 6. The van der Waals surface area contributed by atoms with E-state index in [1.54, 1.807) is 42.5 Å². The van der Waals surface area contributed by atoms with Crippen LogP contribution in [0.4, 0.5) is 0 Å². The van der Waals surface area contributed by atoms with Crippen molar-refractivity contribution in [3.8, 4) is 0 Å². The minimum Gasteiger partial charge on any atom is -0.468 e. The number of carbonyl (C=O) groups is 3. The highest BCUT2D eigenvalue weighted by atomic mass is 16.5. The van der Waals surface area contributed by atoms with Gasteiger partial charge in [-0.15, -0.1) is 0 Å². The van der Waals surface area contributed by atoms with Crippen molar-refractivity contribution in [2.45, 2.75) is 12.5 Å². The number of rotatable bonds is 5. The van der Waals surface area contributed by atoms with Crippen LogP contribution in [0.3, 0.4) is 0 Å². The van der Waals surface area contributed by atoms with E-state index in [4.69, 9.17) is 4.74 Å². The Kier molecular flexibility index (Phi) is 5.51. The summed E-state index contributed by atoms with van der Waals surface area (Å²) in [5.41, 5.74) is 0.446. The third kappa shape index (κ3) is 3.97. The summed E-state index contributed by atoms with van der Waals surface area (Å²) in [4.78, 5) is 35.6. The molecule has 122 valence electrons. The molecule has 0 radical (unpaired) electrons. The number of benzene rings is 1. The van der Waals surface area contributed by atoms with Gasteiger partial charge in [-0.1, -0.05) is 24.3 Å². The summed E-state index contributed by atoms with van der Waals surface area (Å²) < 4.78 is 14.7. The molecule has 6 heteroatoms. The fourth-order valence-electron chi connectivity index (χ4n) is 2.51. The average molecular weight is 318 g/mol. The van der Waals surface area contributed by atoms with E-state index in [9.17, 15) is 14.4 Å². The standard InChI is InChI=1S/C17H18O6/c1-21-16(19)14(17(20)22-2)12-8-9-13(10-12)23-15(18)11-6-4-3-5-7-11/h3-9,12-14H,10H2,1-2H3/t12-,13+/m1/s1. The van der Waals surface area contributed by atoms with Crippen molar-refractivity contribution in [3.63, 3.8) is 0 Å². The molecule has 0 aromatic heterocycles. The number of esters is 3. The monoisotopic (exact) mass is 318 g/mol. The number of ether oxygens (including phenoxy) is 3. The molecule has 0 saturated heterocycles. The smallest absolute Gasteiger partial charge is 0.338 e. The van der Waals surface area contributed by atoms with E-state index >= 15 is 0 Å². The summed E-state index contributed by atoms with van der Waals surface area (Å²) >= 11 is 0. The van der Waals surface area contributed by atoms with Crippen LogP contribution in [0.25, 0.3) is 0 Å². The van der Waals surface area contributed by atoms with Crippen LogP contribution >= 0.6 is 0 Å². The Morgan fingerprint density at radius 3 is 2.17 bits per heavy atom. The molecule has 1 aromatic rings. The molecule has 2 atom stereocenters. The Morgan fingerprint density at radius 2 is 1.61 bits per heavy atom. The van der Waals surface area contributed by atoms with Crippen molar-refractivity contribution in [3.05, 3.63) is 48.0 Å². The molecule has 1 aromatic carbocycles. The highest BCUT2D eigenvalue weighted by Crippen LogP contribution is 2.29.